The Balaban J connectivity index is 1.53. The van der Waals surface area contributed by atoms with Crippen molar-refractivity contribution in [2.24, 2.45) is 4.99 Å². The summed E-state index contributed by atoms with van der Waals surface area (Å²) in [7, 11) is 1.60. The highest BCUT2D eigenvalue weighted by Crippen LogP contribution is 2.33. The van der Waals surface area contributed by atoms with Crippen molar-refractivity contribution in [2.45, 2.75) is 18.2 Å². The lowest BCUT2D eigenvalue weighted by Gasteiger charge is -2.16. The first kappa shape index (κ1) is 22.9. The number of thioether (sulfide) groups is 1. The van der Waals surface area contributed by atoms with Crippen molar-refractivity contribution in [2.75, 3.05) is 12.4 Å². The number of ether oxygens (including phenoxy) is 1. The minimum Gasteiger partial charge on any atom is -0.497 e. The molecule has 8 heteroatoms. The van der Waals surface area contributed by atoms with Crippen molar-refractivity contribution in [3.8, 4) is 5.75 Å². The SMILES string of the molecule is COc1ccc(N=C2S[C@@H](CC(=O)Nc3ccc(Cl)cc3)C(=O)N2Cc2ccccc2)cc1. The molecular formula is C25H22ClN3O3S. The van der Waals surface area contributed by atoms with E-state index < -0.39 is 5.25 Å². The Kier molecular flexibility index (Phi) is 7.32. The van der Waals surface area contributed by atoms with Crippen LogP contribution >= 0.6 is 23.4 Å². The topological polar surface area (TPSA) is 71.0 Å². The van der Waals surface area contributed by atoms with E-state index in [0.29, 0.717) is 28.1 Å². The molecule has 6 nitrogen and oxygen atoms in total. The summed E-state index contributed by atoms with van der Waals surface area (Å²) in [6.07, 6.45) is 0.0407. The number of anilines is 1. The van der Waals surface area contributed by atoms with E-state index in [4.69, 9.17) is 21.3 Å². The van der Waals surface area contributed by atoms with Gasteiger partial charge in [-0.25, -0.2) is 4.99 Å². The van der Waals surface area contributed by atoms with Gasteiger partial charge in [0.05, 0.1) is 19.3 Å². The number of amidine groups is 1. The number of carbonyl (C=O) groups is 2. The molecule has 0 saturated carbocycles. The molecule has 2 amide bonds. The molecule has 1 atom stereocenters. The van der Waals surface area contributed by atoms with Gasteiger partial charge in [-0.15, -0.1) is 0 Å². The van der Waals surface area contributed by atoms with Gasteiger partial charge in [0.25, 0.3) is 0 Å². The number of rotatable bonds is 7. The Bertz CT molecular complexity index is 1150. The normalized spacial score (nSPS) is 16.8. The van der Waals surface area contributed by atoms with E-state index >= 15 is 0 Å². The summed E-state index contributed by atoms with van der Waals surface area (Å²) in [5, 5.41) is 3.42. The largest absolute Gasteiger partial charge is 0.497 e. The molecule has 1 fully saturated rings. The lowest BCUT2D eigenvalue weighted by molar-refractivity contribution is -0.128. The molecule has 3 aromatic carbocycles. The second-order valence-corrected chi connectivity index (χ2v) is 8.97. The van der Waals surface area contributed by atoms with E-state index in [1.807, 2.05) is 54.6 Å². The molecule has 0 bridgehead atoms. The third-order valence-corrected chi connectivity index (χ3v) is 6.43. The Labute approximate surface area is 201 Å². The van der Waals surface area contributed by atoms with Gasteiger partial charge in [0, 0.05) is 17.1 Å². The predicted molar refractivity (Wildman–Crippen MR) is 133 cm³/mol. The zero-order chi connectivity index (χ0) is 23.2. The van der Waals surface area contributed by atoms with E-state index in [1.54, 1.807) is 36.3 Å². The van der Waals surface area contributed by atoms with Crippen LogP contribution in [0.15, 0.2) is 83.9 Å². The van der Waals surface area contributed by atoms with Gasteiger partial charge < -0.3 is 10.1 Å². The Morgan fingerprint density at radius 1 is 1.06 bits per heavy atom. The molecule has 0 aromatic heterocycles. The lowest BCUT2D eigenvalue weighted by Crippen LogP contribution is -2.33. The van der Waals surface area contributed by atoms with Gasteiger partial charge in [0.2, 0.25) is 11.8 Å². The lowest BCUT2D eigenvalue weighted by atomic mass is 10.2. The highest BCUT2D eigenvalue weighted by Gasteiger charge is 2.39. The number of nitrogens with one attached hydrogen (secondary N) is 1. The van der Waals surface area contributed by atoms with Gasteiger partial charge in [-0.1, -0.05) is 53.7 Å². The summed E-state index contributed by atoms with van der Waals surface area (Å²) in [6, 6.07) is 23.9. The molecule has 0 radical (unpaired) electrons. The van der Waals surface area contributed by atoms with Gasteiger partial charge >= 0.3 is 0 Å². The van der Waals surface area contributed by atoms with Gasteiger partial charge in [-0.3, -0.25) is 14.5 Å². The number of benzene rings is 3. The van der Waals surface area contributed by atoms with E-state index in [9.17, 15) is 9.59 Å². The Hall–Kier alpha value is -3.29. The fourth-order valence-corrected chi connectivity index (χ4v) is 4.60. The van der Waals surface area contributed by atoms with Crippen LogP contribution in [0.3, 0.4) is 0 Å². The van der Waals surface area contributed by atoms with Crippen LogP contribution in [0.1, 0.15) is 12.0 Å². The van der Waals surface area contributed by atoms with Crippen LogP contribution in [-0.4, -0.2) is 34.2 Å². The molecule has 1 saturated heterocycles. The summed E-state index contributed by atoms with van der Waals surface area (Å²) < 4.78 is 5.20. The molecule has 1 heterocycles. The fourth-order valence-electron chi connectivity index (χ4n) is 3.32. The monoisotopic (exact) mass is 479 g/mol. The number of amides is 2. The first-order chi connectivity index (χ1) is 16.0. The van der Waals surface area contributed by atoms with Crippen molar-refractivity contribution in [3.63, 3.8) is 0 Å². The zero-order valence-electron chi connectivity index (χ0n) is 17.9. The number of nitrogens with zero attached hydrogens (tertiary/aromatic N) is 2. The molecule has 1 aliphatic heterocycles. The minimum absolute atomic E-state index is 0.0407. The number of hydrogen-bond donors (Lipinski definition) is 1. The first-order valence-corrected chi connectivity index (χ1v) is 11.6. The molecule has 0 unspecified atom stereocenters. The van der Waals surface area contributed by atoms with Crippen molar-refractivity contribution in [1.29, 1.82) is 0 Å². The molecule has 33 heavy (non-hydrogen) atoms. The second kappa shape index (κ2) is 10.6. The highest BCUT2D eigenvalue weighted by molar-refractivity contribution is 8.15. The summed E-state index contributed by atoms with van der Waals surface area (Å²) in [4.78, 5) is 32.2. The Morgan fingerprint density at radius 2 is 1.76 bits per heavy atom. The van der Waals surface area contributed by atoms with E-state index in [-0.39, 0.29) is 18.2 Å². The summed E-state index contributed by atoms with van der Waals surface area (Å²) >= 11 is 7.21. The molecule has 0 spiro atoms. The Morgan fingerprint density at radius 3 is 2.42 bits per heavy atom. The quantitative estimate of drug-likeness (QED) is 0.485. The highest BCUT2D eigenvalue weighted by atomic mass is 35.5. The molecule has 168 valence electrons. The zero-order valence-corrected chi connectivity index (χ0v) is 19.5. The molecule has 3 aromatic rings. The maximum Gasteiger partial charge on any atom is 0.242 e. The number of halogens is 1. The molecule has 0 aliphatic carbocycles. The first-order valence-electron chi connectivity index (χ1n) is 10.3. The summed E-state index contributed by atoms with van der Waals surface area (Å²) in [5.74, 6) is 0.350. The van der Waals surface area contributed by atoms with Crippen LogP contribution in [0.4, 0.5) is 11.4 Å². The van der Waals surface area contributed by atoms with Crippen molar-refractivity contribution < 1.29 is 14.3 Å². The number of aliphatic imine (C=N–C) groups is 1. The van der Waals surface area contributed by atoms with E-state index in [1.165, 1.54) is 11.8 Å². The van der Waals surface area contributed by atoms with Crippen LogP contribution < -0.4 is 10.1 Å². The van der Waals surface area contributed by atoms with Crippen LogP contribution in [0.25, 0.3) is 0 Å². The van der Waals surface area contributed by atoms with Crippen LogP contribution in [0.2, 0.25) is 5.02 Å². The summed E-state index contributed by atoms with van der Waals surface area (Å²) in [5.41, 5.74) is 2.32. The maximum atomic E-state index is 13.3. The standard InChI is InChI=1S/C25H22ClN3O3S/c1-32-21-13-11-20(12-14-21)28-25-29(16-17-5-3-2-4-6-17)24(31)22(33-25)15-23(30)27-19-9-7-18(26)8-10-19/h2-14,22H,15-16H2,1H3,(H,27,30)/t22-/m0/s1. The van der Waals surface area contributed by atoms with Crippen molar-refractivity contribution >= 4 is 51.7 Å². The van der Waals surface area contributed by atoms with Gasteiger partial charge in [-0.2, -0.15) is 0 Å². The number of hydrogen-bond acceptors (Lipinski definition) is 5. The molecule has 4 rings (SSSR count). The average molecular weight is 480 g/mol. The van der Waals surface area contributed by atoms with E-state index in [2.05, 4.69) is 5.32 Å². The van der Waals surface area contributed by atoms with Crippen molar-refractivity contribution in [3.05, 3.63) is 89.4 Å². The predicted octanol–water partition coefficient (Wildman–Crippen LogP) is 5.51. The molecule has 1 aliphatic rings. The smallest absolute Gasteiger partial charge is 0.242 e. The van der Waals surface area contributed by atoms with Crippen LogP contribution in [0, 0.1) is 0 Å². The number of carbonyl (C=O) groups excluding carboxylic acids is 2. The van der Waals surface area contributed by atoms with Crippen LogP contribution in [-0.2, 0) is 16.1 Å². The van der Waals surface area contributed by atoms with Gasteiger partial charge in [0.1, 0.15) is 11.0 Å². The van der Waals surface area contributed by atoms with Gasteiger partial charge in [-0.05, 0) is 54.1 Å². The molecule has 1 N–H and O–H groups in total. The van der Waals surface area contributed by atoms with Crippen LogP contribution in [0.5, 0.6) is 5.75 Å². The van der Waals surface area contributed by atoms with Gasteiger partial charge in [0.15, 0.2) is 5.17 Å². The third-order valence-electron chi connectivity index (χ3n) is 5.00. The second-order valence-electron chi connectivity index (χ2n) is 7.37. The fraction of sp³-hybridized carbons (Fsp3) is 0.160. The minimum atomic E-state index is -0.557. The molecular weight excluding hydrogens is 458 g/mol. The average Bonchev–Trinajstić information content (AvgIpc) is 3.10. The summed E-state index contributed by atoms with van der Waals surface area (Å²) in [6.45, 7) is 0.386. The van der Waals surface area contributed by atoms with Crippen molar-refractivity contribution in [1.82, 2.24) is 4.90 Å². The van der Waals surface area contributed by atoms with E-state index in [0.717, 1.165) is 11.3 Å². The maximum absolute atomic E-state index is 13.3. The third kappa shape index (κ3) is 5.94. The number of methoxy groups -OCH3 is 1.